The van der Waals surface area contributed by atoms with Crippen LogP contribution in [-0.4, -0.2) is 55.5 Å². The number of hydrogen-bond donors (Lipinski definition) is 2. The zero-order chi connectivity index (χ0) is 11.0. The fraction of sp³-hybridized carbons (Fsp3) is 0. The monoisotopic (exact) mass is 262 g/mol. The number of benzene rings is 1. The van der Waals surface area contributed by atoms with Crippen molar-refractivity contribution in [3.8, 4) is 0 Å². The molecule has 0 saturated carbocycles. The van der Waals surface area contributed by atoms with E-state index in [1.807, 2.05) is 0 Å². The van der Waals surface area contributed by atoms with Gasteiger partial charge in [-0.2, -0.15) is 16.8 Å². The molecule has 0 aliphatic carbocycles. The molecular weight excluding hydrogens is 255 g/mol. The van der Waals surface area contributed by atoms with Crippen molar-refractivity contribution in [1.29, 1.82) is 0 Å². The third kappa shape index (κ3) is 3.83. The first-order chi connectivity index (χ1) is 6.23. The van der Waals surface area contributed by atoms with Crippen molar-refractivity contribution in [3.05, 3.63) is 24.3 Å². The van der Waals surface area contributed by atoms with Gasteiger partial charge in [0.05, 0.1) is 0 Å². The van der Waals surface area contributed by atoms with Crippen molar-refractivity contribution in [1.82, 2.24) is 0 Å². The van der Waals surface area contributed by atoms with Crippen LogP contribution in [0.5, 0.6) is 0 Å². The van der Waals surface area contributed by atoms with Crippen molar-refractivity contribution < 1.29 is 25.9 Å². The van der Waals surface area contributed by atoms with Crippen molar-refractivity contribution in [2.24, 2.45) is 0 Å². The van der Waals surface area contributed by atoms with Gasteiger partial charge in [0, 0.05) is 0 Å². The van der Waals surface area contributed by atoms with Gasteiger partial charge >= 0.3 is 29.6 Å². The van der Waals surface area contributed by atoms with E-state index in [0.29, 0.717) is 0 Å². The Kier molecular flexibility index (Phi) is 4.93. The summed E-state index contributed by atoms with van der Waals surface area (Å²) in [6.07, 6.45) is 0. The van der Waals surface area contributed by atoms with E-state index < -0.39 is 30.0 Å². The summed E-state index contributed by atoms with van der Waals surface area (Å²) in [7, 11) is -9.31. The van der Waals surface area contributed by atoms with Crippen LogP contribution in [0, 0.1) is 0 Å². The molecular formula is C6H7NaO6S2. The molecule has 15 heavy (non-hydrogen) atoms. The van der Waals surface area contributed by atoms with E-state index in [9.17, 15) is 16.8 Å². The molecule has 0 radical (unpaired) electrons. The van der Waals surface area contributed by atoms with Crippen LogP contribution >= 0.6 is 0 Å². The average Bonchev–Trinajstić information content (AvgIpc) is 2.01. The first-order valence-electron chi connectivity index (χ1n) is 3.27. The van der Waals surface area contributed by atoms with E-state index in [4.69, 9.17) is 9.11 Å². The van der Waals surface area contributed by atoms with Crippen LogP contribution in [0.1, 0.15) is 0 Å². The SMILES string of the molecule is O=S(=O)(O)c1ccccc1S(=O)(=O)O.[NaH]. The Morgan fingerprint density at radius 1 is 0.800 bits per heavy atom. The zero-order valence-corrected chi connectivity index (χ0v) is 8.29. The maximum absolute atomic E-state index is 10.7. The molecule has 1 rings (SSSR count). The second kappa shape index (κ2) is 4.91. The van der Waals surface area contributed by atoms with Crippen LogP contribution in [-0.2, 0) is 20.2 Å². The fourth-order valence-corrected chi connectivity index (χ4v) is 2.65. The fourth-order valence-electron chi connectivity index (χ4n) is 0.876. The third-order valence-corrected chi connectivity index (χ3v) is 3.36. The topological polar surface area (TPSA) is 109 Å². The molecule has 0 aliphatic rings. The molecule has 0 heterocycles. The van der Waals surface area contributed by atoms with Crippen LogP contribution in [0.4, 0.5) is 0 Å². The summed E-state index contributed by atoms with van der Waals surface area (Å²) < 4.78 is 60.0. The first-order valence-corrected chi connectivity index (χ1v) is 6.15. The Morgan fingerprint density at radius 2 is 1.07 bits per heavy atom. The summed E-state index contributed by atoms with van der Waals surface area (Å²) in [5, 5.41) is 0. The normalized spacial score (nSPS) is 11.9. The van der Waals surface area contributed by atoms with E-state index in [0.717, 1.165) is 12.1 Å². The summed E-state index contributed by atoms with van der Waals surface area (Å²) in [6.45, 7) is 0. The predicted molar refractivity (Wildman–Crippen MR) is 53.2 cm³/mol. The Morgan fingerprint density at radius 3 is 1.27 bits per heavy atom. The molecule has 6 nitrogen and oxygen atoms in total. The molecule has 2 N–H and O–H groups in total. The van der Waals surface area contributed by atoms with Gasteiger partial charge in [0.25, 0.3) is 20.2 Å². The third-order valence-electron chi connectivity index (χ3n) is 1.40. The molecule has 0 aliphatic heterocycles. The molecule has 0 spiro atoms. The molecule has 1 aromatic rings. The summed E-state index contributed by atoms with van der Waals surface area (Å²) in [5.74, 6) is 0. The van der Waals surface area contributed by atoms with E-state index in [-0.39, 0.29) is 29.6 Å². The van der Waals surface area contributed by atoms with Crippen LogP contribution in [0.3, 0.4) is 0 Å². The molecule has 80 valence electrons. The van der Waals surface area contributed by atoms with Crippen LogP contribution in [0.15, 0.2) is 34.1 Å². The Labute approximate surface area is 109 Å². The molecule has 0 unspecified atom stereocenters. The van der Waals surface area contributed by atoms with E-state index in [1.54, 1.807) is 0 Å². The van der Waals surface area contributed by atoms with Crippen LogP contribution in [0.2, 0.25) is 0 Å². The Hall–Kier alpha value is 0.0400. The van der Waals surface area contributed by atoms with Crippen molar-refractivity contribution in [2.45, 2.75) is 9.79 Å². The van der Waals surface area contributed by atoms with Gasteiger partial charge < -0.3 is 0 Å². The molecule has 0 amide bonds. The van der Waals surface area contributed by atoms with E-state index in [1.165, 1.54) is 12.1 Å². The average molecular weight is 262 g/mol. The van der Waals surface area contributed by atoms with Crippen molar-refractivity contribution in [2.75, 3.05) is 0 Å². The van der Waals surface area contributed by atoms with Crippen LogP contribution in [0.25, 0.3) is 0 Å². The molecule has 0 aromatic heterocycles. The zero-order valence-electron chi connectivity index (χ0n) is 6.65. The second-order valence-electron chi connectivity index (χ2n) is 2.40. The van der Waals surface area contributed by atoms with Gasteiger partial charge in [0.15, 0.2) is 0 Å². The van der Waals surface area contributed by atoms with E-state index in [2.05, 4.69) is 0 Å². The summed E-state index contributed by atoms with van der Waals surface area (Å²) >= 11 is 0. The quantitative estimate of drug-likeness (QED) is 0.551. The number of rotatable bonds is 2. The van der Waals surface area contributed by atoms with Gasteiger partial charge in [0.2, 0.25) is 0 Å². The molecule has 0 bridgehead atoms. The Balaban J connectivity index is 0.00000196. The summed E-state index contributed by atoms with van der Waals surface area (Å²) in [6, 6.07) is 4.19. The van der Waals surface area contributed by atoms with Crippen LogP contribution < -0.4 is 0 Å². The molecule has 1 aromatic carbocycles. The summed E-state index contributed by atoms with van der Waals surface area (Å²) in [5.41, 5.74) is 0. The van der Waals surface area contributed by atoms with Crippen molar-refractivity contribution >= 4 is 49.8 Å². The van der Waals surface area contributed by atoms with Gasteiger partial charge in [-0.3, -0.25) is 9.11 Å². The minimum absolute atomic E-state index is 0. The minimum atomic E-state index is -4.66. The van der Waals surface area contributed by atoms with E-state index >= 15 is 0 Å². The first kappa shape index (κ1) is 15.0. The standard InChI is InChI=1S/C6H6O6S2.Na.H/c7-13(8,9)5-3-1-2-4-6(5)14(10,11)12;;/h1-4H,(H,7,8,9)(H,10,11,12);;. The Bertz CT molecular complexity index is 496. The van der Waals surface area contributed by atoms with Gasteiger partial charge in [-0.25, -0.2) is 0 Å². The molecule has 0 saturated heterocycles. The van der Waals surface area contributed by atoms with Gasteiger partial charge in [0.1, 0.15) is 9.79 Å². The van der Waals surface area contributed by atoms with Gasteiger partial charge in [-0.15, -0.1) is 0 Å². The number of hydrogen-bond acceptors (Lipinski definition) is 4. The maximum atomic E-state index is 10.7. The van der Waals surface area contributed by atoms with Gasteiger partial charge in [-0.05, 0) is 12.1 Å². The van der Waals surface area contributed by atoms with Gasteiger partial charge in [-0.1, -0.05) is 12.1 Å². The second-order valence-corrected chi connectivity index (χ2v) is 5.18. The predicted octanol–water partition coefficient (Wildman–Crippen LogP) is -0.468. The molecule has 0 atom stereocenters. The molecule has 9 heteroatoms. The van der Waals surface area contributed by atoms with Crippen molar-refractivity contribution in [3.63, 3.8) is 0 Å². The summed E-state index contributed by atoms with van der Waals surface area (Å²) in [4.78, 5) is -1.69. The molecule has 0 fully saturated rings.